The Kier molecular flexibility index (Phi) is 5.82. The highest BCUT2D eigenvalue weighted by Crippen LogP contribution is 2.58. The lowest BCUT2D eigenvalue weighted by molar-refractivity contribution is 0.212. The average molecular weight is 273 g/mol. The van der Waals surface area contributed by atoms with E-state index in [1.165, 1.54) is 0 Å². The van der Waals surface area contributed by atoms with Gasteiger partial charge in [-0.25, -0.2) is 0 Å². The zero-order valence-corrected chi connectivity index (χ0v) is 11.9. The van der Waals surface area contributed by atoms with E-state index in [1.54, 1.807) is 45.2 Å². The molecule has 0 radical (unpaired) electrons. The monoisotopic (exact) mass is 273 g/mol. The second-order valence-electron chi connectivity index (χ2n) is 3.60. The third-order valence-corrected chi connectivity index (χ3v) is 4.61. The van der Waals surface area contributed by atoms with Crippen LogP contribution in [0, 0.1) is 0 Å². The van der Waals surface area contributed by atoms with Crippen LogP contribution in [0.2, 0.25) is 0 Å². The predicted octanol–water partition coefficient (Wildman–Crippen LogP) is 2.92. The van der Waals surface area contributed by atoms with Gasteiger partial charge in [0.1, 0.15) is 11.5 Å². The van der Waals surface area contributed by atoms with Crippen molar-refractivity contribution in [2.24, 2.45) is 5.73 Å². The molecule has 18 heavy (non-hydrogen) atoms. The first-order valence-electron chi connectivity index (χ1n) is 5.85. The molecule has 1 rings (SSSR count). The standard InChI is InChI=1S/C12H20NO4P/c1-4-16-18(14,17-5-2)12(13)10-7-6-8-11(9-10)15-3/h6-9,12H,4-5,13H2,1-3H3/t12-/m0/s1. The topological polar surface area (TPSA) is 70.8 Å². The molecule has 0 spiro atoms. The van der Waals surface area contributed by atoms with Crippen LogP contribution in [0.1, 0.15) is 25.2 Å². The molecule has 6 heteroatoms. The van der Waals surface area contributed by atoms with E-state index in [0.717, 1.165) is 0 Å². The van der Waals surface area contributed by atoms with Crippen LogP contribution in [0.25, 0.3) is 0 Å². The summed E-state index contributed by atoms with van der Waals surface area (Å²) in [5, 5.41) is 0. The lowest BCUT2D eigenvalue weighted by Crippen LogP contribution is -2.15. The predicted molar refractivity (Wildman–Crippen MR) is 70.8 cm³/mol. The van der Waals surface area contributed by atoms with E-state index in [2.05, 4.69) is 0 Å². The van der Waals surface area contributed by atoms with Crippen LogP contribution in [0.5, 0.6) is 5.75 Å². The highest BCUT2D eigenvalue weighted by Gasteiger charge is 2.33. The molecular formula is C12H20NO4P. The first-order chi connectivity index (χ1) is 8.57. The maximum atomic E-state index is 12.5. The molecule has 0 aliphatic carbocycles. The molecule has 102 valence electrons. The van der Waals surface area contributed by atoms with Gasteiger partial charge in [0.25, 0.3) is 0 Å². The van der Waals surface area contributed by atoms with Crippen molar-refractivity contribution in [1.82, 2.24) is 0 Å². The van der Waals surface area contributed by atoms with Crippen molar-refractivity contribution >= 4 is 7.60 Å². The van der Waals surface area contributed by atoms with Crippen LogP contribution in [0.15, 0.2) is 24.3 Å². The van der Waals surface area contributed by atoms with Gasteiger partial charge in [-0.05, 0) is 31.5 Å². The van der Waals surface area contributed by atoms with Gasteiger partial charge in [0.15, 0.2) is 0 Å². The van der Waals surface area contributed by atoms with Gasteiger partial charge >= 0.3 is 7.60 Å². The van der Waals surface area contributed by atoms with Crippen molar-refractivity contribution in [3.05, 3.63) is 29.8 Å². The Morgan fingerprint density at radius 2 is 1.89 bits per heavy atom. The van der Waals surface area contributed by atoms with Crippen LogP contribution in [-0.2, 0) is 13.6 Å². The zero-order chi connectivity index (χ0) is 13.6. The fraction of sp³-hybridized carbons (Fsp3) is 0.500. The molecule has 0 fully saturated rings. The van der Waals surface area contributed by atoms with E-state index in [9.17, 15) is 4.57 Å². The van der Waals surface area contributed by atoms with Gasteiger partial charge in [-0.2, -0.15) is 0 Å². The van der Waals surface area contributed by atoms with Gasteiger partial charge in [-0.3, -0.25) is 4.57 Å². The van der Waals surface area contributed by atoms with Gasteiger partial charge in [-0.1, -0.05) is 12.1 Å². The second-order valence-corrected chi connectivity index (χ2v) is 5.75. The smallest absolute Gasteiger partial charge is 0.351 e. The summed E-state index contributed by atoms with van der Waals surface area (Å²) < 4.78 is 28.1. The molecule has 0 aromatic heterocycles. The summed E-state index contributed by atoms with van der Waals surface area (Å²) in [6.45, 7) is 4.08. The van der Waals surface area contributed by atoms with Crippen molar-refractivity contribution < 1.29 is 18.3 Å². The summed E-state index contributed by atoms with van der Waals surface area (Å²) in [5.74, 6) is -0.157. The van der Waals surface area contributed by atoms with Crippen molar-refractivity contribution in [3.63, 3.8) is 0 Å². The van der Waals surface area contributed by atoms with Gasteiger partial charge < -0.3 is 19.5 Å². The Labute approximate surface area is 108 Å². The highest BCUT2D eigenvalue weighted by molar-refractivity contribution is 7.54. The summed E-state index contributed by atoms with van der Waals surface area (Å²) in [6, 6.07) is 7.09. The lowest BCUT2D eigenvalue weighted by Gasteiger charge is -2.23. The van der Waals surface area contributed by atoms with Gasteiger partial charge in [-0.15, -0.1) is 0 Å². The molecule has 0 heterocycles. The van der Waals surface area contributed by atoms with E-state index >= 15 is 0 Å². The number of benzene rings is 1. The molecule has 0 aliphatic heterocycles. The third-order valence-electron chi connectivity index (χ3n) is 2.39. The summed E-state index contributed by atoms with van der Waals surface area (Å²) in [5.41, 5.74) is 6.67. The molecule has 1 aromatic rings. The first-order valence-corrected chi connectivity index (χ1v) is 7.47. The van der Waals surface area contributed by atoms with E-state index < -0.39 is 13.4 Å². The maximum Gasteiger partial charge on any atom is 0.351 e. The first kappa shape index (κ1) is 15.2. The quantitative estimate of drug-likeness (QED) is 0.773. The summed E-state index contributed by atoms with van der Waals surface area (Å²) in [4.78, 5) is 0. The molecule has 0 aliphatic rings. The minimum atomic E-state index is -3.34. The van der Waals surface area contributed by atoms with Crippen LogP contribution in [0.3, 0.4) is 0 Å². The number of ether oxygens (including phenoxy) is 1. The Hall–Kier alpha value is -0.870. The van der Waals surface area contributed by atoms with E-state index in [0.29, 0.717) is 11.3 Å². The van der Waals surface area contributed by atoms with Crippen molar-refractivity contribution in [1.29, 1.82) is 0 Å². The molecule has 1 atom stereocenters. The third kappa shape index (κ3) is 3.56. The van der Waals surface area contributed by atoms with E-state index in [1.807, 2.05) is 0 Å². The highest BCUT2D eigenvalue weighted by atomic mass is 31.2. The van der Waals surface area contributed by atoms with E-state index in [-0.39, 0.29) is 13.2 Å². The minimum Gasteiger partial charge on any atom is -0.497 e. The number of rotatable bonds is 7. The van der Waals surface area contributed by atoms with Gasteiger partial charge in [0.05, 0.1) is 20.3 Å². The van der Waals surface area contributed by atoms with Crippen LogP contribution in [0.4, 0.5) is 0 Å². The fourth-order valence-electron chi connectivity index (χ4n) is 1.57. The van der Waals surface area contributed by atoms with Crippen LogP contribution in [-0.4, -0.2) is 20.3 Å². The fourth-order valence-corrected chi connectivity index (χ4v) is 3.21. The molecule has 1 aromatic carbocycles. The largest absolute Gasteiger partial charge is 0.497 e. The molecular weight excluding hydrogens is 253 g/mol. The molecule has 0 saturated heterocycles. The number of hydrogen-bond donors (Lipinski definition) is 1. The molecule has 2 N–H and O–H groups in total. The van der Waals surface area contributed by atoms with Crippen molar-refractivity contribution in [2.75, 3.05) is 20.3 Å². The molecule has 0 saturated carbocycles. The summed E-state index contributed by atoms with van der Waals surface area (Å²) >= 11 is 0. The summed E-state index contributed by atoms with van der Waals surface area (Å²) in [7, 11) is -1.78. The van der Waals surface area contributed by atoms with Crippen LogP contribution < -0.4 is 10.5 Å². The SMILES string of the molecule is CCOP(=O)(OCC)[C@H](N)c1cccc(OC)c1. The Bertz CT molecular complexity index is 414. The van der Waals surface area contributed by atoms with Crippen LogP contribution >= 0.6 is 7.60 Å². The van der Waals surface area contributed by atoms with Crippen molar-refractivity contribution in [2.45, 2.75) is 19.6 Å². The number of hydrogen-bond acceptors (Lipinski definition) is 5. The Morgan fingerprint density at radius 1 is 1.28 bits per heavy atom. The van der Waals surface area contributed by atoms with E-state index in [4.69, 9.17) is 19.5 Å². The number of nitrogens with two attached hydrogens (primary N) is 1. The number of methoxy groups -OCH3 is 1. The average Bonchev–Trinajstić information content (AvgIpc) is 2.38. The van der Waals surface area contributed by atoms with Gasteiger partial charge in [0, 0.05) is 0 Å². The molecule has 0 unspecified atom stereocenters. The minimum absolute atomic E-state index is 0.287. The zero-order valence-electron chi connectivity index (χ0n) is 11.0. The molecule has 0 bridgehead atoms. The summed E-state index contributed by atoms with van der Waals surface area (Å²) in [6.07, 6.45) is 0. The maximum absolute atomic E-state index is 12.5. The van der Waals surface area contributed by atoms with Gasteiger partial charge in [0.2, 0.25) is 0 Å². The normalized spacial score (nSPS) is 13.3. The van der Waals surface area contributed by atoms with Crippen molar-refractivity contribution in [3.8, 4) is 5.75 Å². The molecule has 5 nitrogen and oxygen atoms in total. The lowest BCUT2D eigenvalue weighted by atomic mass is 10.2. The molecule has 0 amide bonds. The Morgan fingerprint density at radius 3 is 2.39 bits per heavy atom. The second kappa shape index (κ2) is 6.90. The Balaban J connectivity index is 3.01.